The molecule has 0 saturated carbocycles. The van der Waals surface area contributed by atoms with Crippen molar-refractivity contribution in [2.24, 2.45) is 0 Å². The minimum atomic E-state index is -0.0194. The number of benzene rings is 1. The smallest absolute Gasteiger partial charge is 0.230 e. The maximum Gasteiger partial charge on any atom is 0.230 e. The van der Waals surface area contributed by atoms with Gasteiger partial charge in [-0.3, -0.25) is 9.20 Å². The molecule has 2 heterocycles. The summed E-state index contributed by atoms with van der Waals surface area (Å²) in [5, 5.41) is 11.9. The second kappa shape index (κ2) is 6.62. The van der Waals surface area contributed by atoms with E-state index in [2.05, 4.69) is 15.5 Å². The van der Waals surface area contributed by atoms with Crippen LogP contribution in [-0.2, 0) is 4.79 Å². The molecule has 0 bridgehead atoms. The summed E-state index contributed by atoms with van der Waals surface area (Å²) in [5.41, 5.74) is 1.87. The monoisotopic (exact) mass is 312 g/mol. The summed E-state index contributed by atoms with van der Waals surface area (Å²) in [6.45, 7) is 1.98. The number of hydrogen-bond donors (Lipinski definition) is 1. The molecular weight excluding hydrogens is 296 g/mol. The van der Waals surface area contributed by atoms with E-state index in [0.717, 1.165) is 16.4 Å². The Balaban J connectivity index is 1.58. The van der Waals surface area contributed by atoms with Crippen molar-refractivity contribution >= 4 is 23.3 Å². The number of fused-ring (bicyclic) bond motifs is 1. The summed E-state index contributed by atoms with van der Waals surface area (Å²) in [5.74, 6) is 0.293. The molecule has 3 rings (SSSR count). The first-order chi connectivity index (χ1) is 10.7. The molecule has 0 saturated heterocycles. The second-order valence-electron chi connectivity index (χ2n) is 4.90. The van der Waals surface area contributed by atoms with E-state index < -0.39 is 0 Å². The molecule has 0 aliphatic carbocycles. The Bertz CT molecular complexity index is 772. The van der Waals surface area contributed by atoms with E-state index >= 15 is 0 Å². The molecule has 1 aromatic carbocycles. The van der Waals surface area contributed by atoms with E-state index in [1.165, 1.54) is 11.8 Å². The third kappa shape index (κ3) is 3.28. The van der Waals surface area contributed by atoms with E-state index in [1.54, 1.807) is 0 Å². The van der Waals surface area contributed by atoms with Gasteiger partial charge in [-0.25, -0.2) is 0 Å². The van der Waals surface area contributed by atoms with Crippen LogP contribution in [0.1, 0.15) is 18.5 Å². The van der Waals surface area contributed by atoms with Gasteiger partial charge in [0.1, 0.15) is 0 Å². The Labute approximate surface area is 132 Å². The Kier molecular flexibility index (Phi) is 4.39. The van der Waals surface area contributed by atoms with Crippen LogP contribution in [0.25, 0.3) is 5.65 Å². The predicted molar refractivity (Wildman–Crippen MR) is 86.7 cm³/mol. The number of pyridine rings is 1. The van der Waals surface area contributed by atoms with Crippen LogP contribution in [0.2, 0.25) is 0 Å². The molecule has 2 aromatic heterocycles. The summed E-state index contributed by atoms with van der Waals surface area (Å²) in [4.78, 5) is 12.1. The van der Waals surface area contributed by atoms with Crippen LogP contribution < -0.4 is 5.32 Å². The van der Waals surface area contributed by atoms with E-state index in [0.29, 0.717) is 5.75 Å². The lowest BCUT2D eigenvalue weighted by atomic mass is 10.1. The second-order valence-corrected chi connectivity index (χ2v) is 5.84. The number of carbonyl (C=O) groups excluding carboxylic acids is 1. The number of hydrogen-bond acceptors (Lipinski definition) is 4. The minimum absolute atomic E-state index is 0.00977. The summed E-state index contributed by atoms with van der Waals surface area (Å²) in [6, 6.07) is 15.6. The Morgan fingerprint density at radius 1 is 1.18 bits per heavy atom. The van der Waals surface area contributed by atoms with Crippen molar-refractivity contribution in [3.63, 3.8) is 0 Å². The quantitative estimate of drug-likeness (QED) is 0.736. The fourth-order valence-corrected chi connectivity index (χ4v) is 2.89. The van der Waals surface area contributed by atoms with Gasteiger partial charge < -0.3 is 5.32 Å². The van der Waals surface area contributed by atoms with Crippen LogP contribution in [0.4, 0.5) is 0 Å². The molecular formula is C16H16N4OS. The third-order valence-corrected chi connectivity index (χ3v) is 4.23. The highest BCUT2D eigenvalue weighted by Gasteiger charge is 2.12. The van der Waals surface area contributed by atoms with Gasteiger partial charge in [-0.2, -0.15) is 0 Å². The van der Waals surface area contributed by atoms with Crippen molar-refractivity contribution < 1.29 is 4.79 Å². The zero-order valence-corrected chi connectivity index (χ0v) is 13.0. The fraction of sp³-hybridized carbons (Fsp3) is 0.188. The molecule has 0 aliphatic rings. The number of thioether (sulfide) groups is 1. The fourth-order valence-electron chi connectivity index (χ4n) is 2.16. The highest BCUT2D eigenvalue weighted by Crippen LogP contribution is 2.17. The molecule has 5 nitrogen and oxygen atoms in total. The average molecular weight is 312 g/mol. The maximum absolute atomic E-state index is 12.1. The number of nitrogens with one attached hydrogen (secondary N) is 1. The van der Waals surface area contributed by atoms with Crippen LogP contribution in [0.3, 0.4) is 0 Å². The lowest BCUT2D eigenvalue weighted by Gasteiger charge is -2.13. The molecule has 3 aromatic rings. The van der Waals surface area contributed by atoms with Crippen LogP contribution in [0.15, 0.2) is 59.9 Å². The maximum atomic E-state index is 12.1. The lowest BCUT2D eigenvalue weighted by molar-refractivity contribution is -0.119. The molecule has 1 amide bonds. The van der Waals surface area contributed by atoms with E-state index in [1.807, 2.05) is 66.1 Å². The number of amides is 1. The predicted octanol–water partition coefficient (Wildman–Crippen LogP) is 2.70. The number of carbonyl (C=O) groups is 1. The van der Waals surface area contributed by atoms with Crippen molar-refractivity contribution in [1.29, 1.82) is 0 Å². The molecule has 0 spiro atoms. The van der Waals surface area contributed by atoms with Gasteiger partial charge in [-0.15, -0.1) is 10.2 Å². The summed E-state index contributed by atoms with van der Waals surface area (Å²) >= 11 is 1.38. The number of nitrogens with zero attached hydrogens (tertiary/aromatic N) is 3. The molecule has 6 heteroatoms. The highest BCUT2D eigenvalue weighted by molar-refractivity contribution is 7.99. The van der Waals surface area contributed by atoms with Crippen LogP contribution in [-0.4, -0.2) is 26.3 Å². The van der Waals surface area contributed by atoms with Crippen molar-refractivity contribution in [2.75, 3.05) is 5.75 Å². The van der Waals surface area contributed by atoms with Crippen molar-refractivity contribution in [1.82, 2.24) is 19.9 Å². The van der Waals surface area contributed by atoms with Gasteiger partial charge in [-0.1, -0.05) is 48.2 Å². The highest BCUT2D eigenvalue weighted by atomic mass is 32.2. The summed E-state index contributed by atoms with van der Waals surface area (Å²) < 4.78 is 1.87. The Hall–Kier alpha value is -2.34. The topological polar surface area (TPSA) is 59.3 Å². The minimum Gasteiger partial charge on any atom is -0.349 e. The largest absolute Gasteiger partial charge is 0.349 e. The first-order valence-corrected chi connectivity index (χ1v) is 7.99. The first-order valence-electron chi connectivity index (χ1n) is 7.01. The van der Waals surface area contributed by atoms with E-state index in [-0.39, 0.29) is 11.9 Å². The van der Waals surface area contributed by atoms with Gasteiger partial charge in [0.05, 0.1) is 11.8 Å². The molecule has 0 radical (unpaired) electrons. The van der Waals surface area contributed by atoms with Gasteiger partial charge in [0.25, 0.3) is 0 Å². The van der Waals surface area contributed by atoms with Crippen LogP contribution >= 0.6 is 11.8 Å². The zero-order chi connectivity index (χ0) is 15.4. The van der Waals surface area contributed by atoms with Crippen molar-refractivity contribution in [3.05, 3.63) is 60.3 Å². The summed E-state index contributed by atoms with van der Waals surface area (Å²) in [6.07, 6.45) is 1.89. The molecule has 1 atom stereocenters. The first kappa shape index (κ1) is 14.6. The molecule has 0 aliphatic heterocycles. The van der Waals surface area contributed by atoms with Crippen LogP contribution in [0.5, 0.6) is 0 Å². The number of aromatic nitrogens is 3. The van der Waals surface area contributed by atoms with Crippen molar-refractivity contribution in [2.45, 2.75) is 18.1 Å². The van der Waals surface area contributed by atoms with Gasteiger partial charge in [-0.05, 0) is 24.6 Å². The molecule has 112 valence electrons. The van der Waals surface area contributed by atoms with Gasteiger partial charge >= 0.3 is 0 Å². The zero-order valence-electron chi connectivity index (χ0n) is 12.1. The molecule has 0 unspecified atom stereocenters. The van der Waals surface area contributed by atoms with Crippen LogP contribution in [0, 0.1) is 0 Å². The molecule has 1 N–H and O–H groups in total. The van der Waals surface area contributed by atoms with E-state index in [9.17, 15) is 4.79 Å². The van der Waals surface area contributed by atoms with Gasteiger partial charge in [0.2, 0.25) is 5.91 Å². The third-order valence-electron chi connectivity index (χ3n) is 3.29. The van der Waals surface area contributed by atoms with E-state index in [4.69, 9.17) is 0 Å². The average Bonchev–Trinajstić information content (AvgIpc) is 2.97. The molecule has 22 heavy (non-hydrogen) atoms. The van der Waals surface area contributed by atoms with Gasteiger partial charge in [0.15, 0.2) is 10.8 Å². The molecule has 0 fully saturated rings. The summed E-state index contributed by atoms with van der Waals surface area (Å²) in [7, 11) is 0. The normalized spacial score (nSPS) is 12.2. The van der Waals surface area contributed by atoms with Crippen molar-refractivity contribution in [3.8, 4) is 0 Å². The Morgan fingerprint density at radius 3 is 2.77 bits per heavy atom. The lowest BCUT2D eigenvalue weighted by Crippen LogP contribution is -2.28. The Morgan fingerprint density at radius 2 is 1.95 bits per heavy atom. The number of rotatable bonds is 5. The standard InChI is InChI=1S/C16H16N4OS/c1-12(13-7-3-2-4-8-13)17-15(21)11-22-16-19-18-14-9-5-6-10-20(14)16/h2-10,12H,11H2,1H3,(H,17,21)/t12-/m0/s1. The van der Waals surface area contributed by atoms with Gasteiger partial charge in [0, 0.05) is 6.20 Å². The SMILES string of the molecule is C[C@H](NC(=O)CSc1nnc2ccccn12)c1ccccc1.